The number of rotatable bonds is 5. The van der Waals surface area contributed by atoms with Crippen LogP contribution in [0.4, 0.5) is 6.01 Å². The zero-order chi connectivity index (χ0) is 19.7. The highest BCUT2D eigenvalue weighted by Crippen LogP contribution is 2.27. The Bertz CT molecular complexity index is 1080. The Morgan fingerprint density at radius 1 is 1.21 bits per heavy atom. The van der Waals surface area contributed by atoms with Gasteiger partial charge in [0.05, 0.1) is 11.1 Å². The summed E-state index contributed by atoms with van der Waals surface area (Å²) in [4.78, 5) is 12.8. The van der Waals surface area contributed by atoms with Crippen molar-refractivity contribution in [3.8, 4) is 11.7 Å². The number of nitrogens with one attached hydrogen (secondary N) is 1. The Morgan fingerprint density at radius 3 is 2.71 bits per heavy atom. The topological polar surface area (TPSA) is 131 Å². The largest absolute Gasteiger partial charge is 0.400 e. The predicted octanol–water partition coefficient (Wildman–Crippen LogP) is 1.82. The van der Waals surface area contributed by atoms with Crippen LogP contribution >= 0.6 is 0 Å². The summed E-state index contributed by atoms with van der Waals surface area (Å²) < 4.78 is 37.3. The van der Waals surface area contributed by atoms with Crippen molar-refractivity contribution in [3.05, 3.63) is 42.1 Å². The van der Waals surface area contributed by atoms with Crippen LogP contribution in [-0.4, -0.2) is 46.6 Å². The zero-order valence-corrected chi connectivity index (χ0v) is 15.7. The predicted molar refractivity (Wildman–Crippen MR) is 96.5 cm³/mol. The summed E-state index contributed by atoms with van der Waals surface area (Å²) in [6.07, 6.45) is 2.40. The standard InChI is InChI=1S/C17H17N5O5S/c1-11-4-6-12(7-5-11)28(24,25)22-10-2-3-13(22)15(23)19-17-21-20-16(26-17)14-8-9-18-27-14/h4-9,13H,2-3,10H2,1H3,(H,19,21,23). The average Bonchev–Trinajstić information content (AvgIpc) is 3.42. The third-order valence-electron chi connectivity index (χ3n) is 4.44. The molecule has 1 aliphatic rings. The maximum absolute atomic E-state index is 12.9. The van der Waals surface area contributed by atoms with E-state index in [1.165, 1.54) is 16.6 Å². The van der Waals surface area contributed by atoms with E-state index >= 15 is 0 Å². The van der Waals surface area contributed by atoms with Gasteiger partial charge in [0.2, 0.25) is 21.7 Å². The van der Waals surface area contributed by atoms with Crippen LogP contribution in [0.1, 0.15) is 18.4 Å². The molecular formula is C17H17N5O5S. The highest BCUT2D eigenvalue weighted by atomic mass is 32.2. The van der Waals surface area contributed by atoms with Crippen molar-refractivity contribution >= 4 is 21.9 Å². The summed E-state index contributed by atoms with van der Waals surface area (Å²) in [5.41, 5.74) is 0.952. The number of anilines is 1. The van der Waals surface area contributed by atoms with Gasteiger partial charge in [0.15, 0.2) is 0 Å². The number of carbonyl (C=O) groups excluding carboxylic acids is 1. The van der Waals surface area contributed by atoms with Crippen molar-refractivity contribution in [1.82, 2.24) is 19.7 Å². The van der Waals surface area contributed by atoms with Crippen LogP contribution in [-0.2, 0) is 14.8 Å². The van der Waals surface area contributed by atoms with Gasteiger partial charge in [-0.15, -0.1) is 5.10 Å². The number of carbonyl (C=O) groups is 1. The molecule has 1 fully saturated rings. The monoisotopic (exact) mass is 403 g/mol. The van der Waals surface area contributed by atoms with Gasteiger partial charge in [-0.25, -0.2) is 8.42 Å². The molecule has 2 aromatic heterocycles. The van der Waals surface area contributed by atoms with Gasteiger partial charge in [-0.05, 0) is 31.9 Å². The Balaban J connectivity index is 1.51. The fourth-order valence-electron chi connectivity index (χ4n) is 3.02. The Labute approximate surface area is 160 Å². The van der Waals surface area contributed by atoms with Gasteiger partial charge in [0.1, 0.15) is 6.04 Å². The molecule has 1 unspecified atom stereocenters. The first-order valence-corrected chi connectivity index (χ1v) is 10.0. The van der Waals surface area contributed by atoms with Gasteiger partial charge in [0, 0.05) is 12.6 Å². The first-order chi connectivity index (χ1) is 13.4. The number of hydrogen-bond donors (Lipinski definition) is 1. The first kappa shape index (κ1) is 18.3. The van der Waals surface area contributed by atoms with Crippen LogP contribution < -0.4 is 5.32 Å². The van der Waals surface area contributed by atoms with Gasteiger partial charge in [-0.1, -0.05) is 28.0 Å². The van der Waals surface area contributed by atoms with E-state index < -0.39 is 22.0 Å². The minimum atomic E-state index is -3.79. The summed E-state index contributed by atoms with van der Waals surface area (Å²) in [5, 5.41) is 13.5. The quantitative estimate of drug-likeness (QED) is 0.682. The fourth-order valence-corrected chi connectivity index (χ4v) is 4.68. The summed E-state index contributed by atoms with van der Waals surface area (Å²) in [6.45, 7) is 2.14. The van der Waals surface area contributed by atoms with Crippen LogP contribution in [0, 0.1) is 6.92 Å². The van der Waals surface area contributed by atoms with Gasteiger partial charge in [-0.3, -0.25) is 10.1 Å². The summed E-state index contributed by atoms with van der Waals surface area (Å²) >= 11 is 0. The molecular weight excluding hydrogens is 386 g/mol. The molecule has 0 spiro atoms. The van der Waals surface area contributed by atoms with Gasteiger partial charge in [-0.2, -0.15) is 4.31 Å². The third kappa shape index (κ3) is 3.41. The van der Waals surface area contributed by atoms with E-state index in [0.717, 1.165) is 5.56 Å². The smallest absolute Gasteiger partial charge is 0.322 e. The molecule has 0 bridgehead atoms. The second kappa shape index (κ2) is 7.17. The van der Waals surface area contributed by atoms with Gasteiger partial charge in [0.25, 0.3) is 5.89 Å². The molecule has 1 aromatic carbocycles. The van der Waals surface area contributed by atoms with E-state index in [-0.39, 0.29) is 29.1 Å². The molecule has 0 saturated carbocycles. The van der Waals surface area contributed by atoms with E-state index in [1.807, 2.05) is 6.92 Å². The second-order valence-corrected chi connectivity index (χ2v) is 8.26. The van der Waals surface area contributed by atoms with E-state index in [1.54, 1.807) is 24.3 Å². The molecule has 146 valence electrons. The molecule has 1 saturated heterocycles. The lowest BCUT2D eigenvalue weighted by Gasteiger charge is -2.22. The van der Waals surface area contributed by atoms with Crippen LogP contribution in [0.3, 0.4) is 0 Å². The first-order valence-electron chi connectivity index (χ1n) is 8.59. The minimum absolute atomic E-state index is 0.0587. The maximum Gasteiger partial charge on any atom is 0.322 e. The SMILES string of the molecule is Cc1ccc(S(=O)(=O)N2CCCC2C(=O)Nc2nnc(-c3ccno3)o2)cc1. The van der Waals surface area contributed by atoms with Gasteiger partial charge >= 0.3 is 6.01 Å². The molecule has 10 nitrogen and oxygen atoms in total. The number of benzene rings is 1. The van der Waals surface area contributed by atoms with Crippen molar-refractivity contribution in [2.24, 2.45) is 0 Å². The summed E-state index contributed by atoms with van der Waals surface area (Å²) in [7, 11) is -3.79. The van der Waals surface area contributed by atoms with Crippen LogP contribution in [0.2, 0.25) is 0 Å². The number of amides is 1. The summed E-state index contributed by atoms with van der Waals surface area (Å²) in [5.74, 6) is -0.207. The number of sulfonamides is 1. The Morgan fingerprint density at radius 2 is 2.00 bits per heavy atom. The maximum atomic E-state index is 12.9. The highest BCUT2D eigenvalue weighted by Gasteiger charge is 2.39. The number of hydrogen-bond acceptors (Lipinski definition) is 8. The lowest BCUT2D eigenvalue weighted by atomic mass is 10.2. The van der Waals surface area contributed by atoms with Crippen LogP contribution in [0.25, 0.3) is 11.7 Å². The van der Waals surface area contributed by atoms with Crippen LogP contribution in [0.5, 0.6) is 0 Å². The Hall–Kier alpha value is -3.05. The van der Waals surface area contributed by atoms with Crippen LogP contribution in [0.15, 0.2) is 50.4 Å². The number of aromatic nitrogens is 3. The zero-order valence-electron chi connectivity index (χ0n) is 14.9. The molecule has 11 heteroatoms. The third-order valence-corrected chi connectivity index (χ3v) is 6.36. The Kier molecular flexibility index (Phi) is 4.69. The van der Waals surface area contributed by atoms with Crippen molar-refractivity contribution in [1.29, 1.82) is 0 Å². The molecule has 4 rings (SSSR count). The second-order valence-electron chi connectivity index (χ2n) is 6.37. The van der Waals surface area contributed by atoms with E-state index in [0.29, 0.717) is 12.8 Å². The minimum Gasteiger partial charge on any atom is -0.400 e. The van der Waals surface area contributed by atoms with E-state index in [9.17, 15) is 13.2 Å². The molecule has 3 heterocycles. The fraction of sp³-hybridized carbons (Fsp3) is 0.294. The van der Waals surface area contributed by atoms with Crippen molar-refractivity contribution < 1.29 is 22.2 Å². The van der Waals surface area contributed by atoms with Crippen molar-refractivity contribution in [2.75, 3.05) is 11.9 Å². The molecule has 1 N–H and O–H groups in total. The lowest BCUT2D eigenvalue weighted by Crippen LogP contribution is -2.43. The average molecular weight is 403 g/mol. The normalized spacial score (nSPS) is 17.7. The molecule has 1 amide bonds. The van der Waals surface area contributed by atoms with Gasteiger partial charge < -0.3 is 8.94 Å². The van der Waals surface area contributed by atoms with E-state index in [4.69, 9.17) is 8.94 Å². The number of aryl methyl sites for hydroxylation is 1. The van der Waals surface area contributed by atoms with E-state index in [2.05, 4.69) is 20.7 Å². The molecule has 1 aliphatic heterocycles. The van der Waals surface area contributed by atoms with Crippen molar-refractivity contribution in [3.63, 3.8) is 0 Å². The van der Waals surface area contributed by atoms with Crippen molar-refractivity contribution in [2.45, 2.75) is 30.7 Å². The molecule has 0 radical (unpaired) electrons. The molecule has 0 aliphatic carbocycles. The number of nitrogens with zero attached hydrogens (tertiary/aromatic N) is 4. The highest BCUT2D eigenvalue weighted by molar-refractivity contribution is 7.89. The lowest BCUT2D eigenvalue weighted by molar-refractivity contribution is -0.119. The molecule has 1 atom stereocenters. The molecule has 3 aromatic rings. The molecule has 28 heavy (non-hydrogen) atoms. The summed E-state index contributed by atoms with van der Waals surface area (Å²) in [6, 6.07) is 7.07.